The summed E-state index contributed by atoms with van der Waals surface area (Å²) in [5, 5.41) is 2.86. The maximum Gasteiger partial charge on any atom is 0.338 e. The minimum atomic E-state index is -0.498. The summed E-state index contributed by atoms with van der Waals surface area (Å²) in [5.41, 5.74) is 2.66. The van der Waals surface area contributed by atoms with Crippen LogP contribution >= 0.6 is 0 Å². The average Bonchev–Trinajstić information content (AvgIpc) is 2.65. The van der Waals surface area contributed by atoms with Crippen molar-refractivity contribution in [1.82, 2.24) is 5.32 Å². The summed E-state index contributed by atoms with van der Waals surface area (Å²) < 4.78 is 5.09. The number of anilines is 1. The first-order valence-corrected chi connectivity index (χ1v) is 8.73. The molecular formula is C21H26N2O3. The van der Waals surface area contributed by atoms with Crippen LogP contribution in [0.2, 0.25) is 0 Å². The van der Waals surface area contributed by atoms with E-state index in [4.69, 9.17) is 4.74 Å². The van der Waals surface area contributed by atoms with E-state index in [1.54, 1.807) is 12.1 Å². The molecule has 5 heteroatoms. The van der Waals surface area contributed by atoms with Crippen molar-refractivity contribution < 1.29 is 14.3 Å². The maximum absolute atomic E-state index is 12.0. The molecule has 2 rings (SSSR count). The molecule has 26 heavy (non-hydrogen) atoms. The third kappa shape index (κ3) is 6.24. The molecule has 0 bridgehead atoms. The van der Waals surface area contributed by atoms with Crippen molar-refractivity contribution in [2.45, 2.75) is 25.8 Å². The number of rotatable bonds is 8. The molecule has 1 atom stereocenters. The Morgan fingerprint density at radius 2 is 1.69 bits per heavy atom. The van der Waals surface area contributed by atoms with Gasteiger partial charge in [0.25, 0.3) is 5.91 Å². The van der Waals surface area contributed by atoms with Gasteiger partial charge in [0, 0.05) is 25.8 Å². The molecular weight excluding hydrogens is 328 g/mol. The second-order valence-electron chi connectivity index (χ2n) is 6.51. The topological polar surface area (TPSA) is 58.6 Å². The molecule has 1 N–H and O–H groups in total. The third-order valence-electron chi connectivity index (χ3n) is 4.07. The lowest BCUT2D eigenvalue weighted by Crippen LogP contribution is -2.36. The number of hydrogen-bond acceptors (Lipinski definition) is 4. The van der Waals surface area contributed by atoms with Gasteiger partial charge in [-0.3, -0.25) is 4.79 Å². The summed E-state index contributed by atoms with van der Waals surface area (Å²) >= 11 is 0. The number of benzene rings is 2. The molecule has 5 nitrogen and oxygen atoms in total. The first kappa shape index (κ1) is 19.5. The Bertz CT molecular complexity index is 712. The van der Waals surface area contributed by atoms with Crippen molar-refractivity contribution in [2.75, 3.05) is 25.6 Å². The van der Waals surface area contributed by atoms with E-state index in [9.17, 15) is 9.59 Å². The van der Waals surface area contributed by atoms with Gasteiger partial charge >= 0.3 is 5.97 Å². The lowest BCUT2D eigenvalue weighted by molar-refractivity contribution is -0.124. The van der Waals surface area contributed by atoms with Crippen LogP contribution in [0.1, 0.15) is 29.3 Å². The van der Waals surface area contributed by atoms with E-state index in [-0.39, 0.29) is 18.6 Å². The first-order valence-electron chi connectivity index (χ1n) is 8.73. The van der Waals surface area contributed by atoms with Crippen LogP contribution in [0.3, 0.4) is 0 Å². The van der Waals surface area contributed by atoms with E-state index in [2.05, 4.69) is 17.4 Å². The Balaban J connectivity index is 1.72. The average molecular weight is 354 g/mol. The molecule has 1 amide bonds. The number of nitrogens with one attached hydrogen (secondary N) is 1. The van der Waals surface area contributed by atoms with Gasteiger partial charge in [-0.05, 0) is 49.6 Å². The van der Waals surface area contributed by atoms with Crippen LogP contribution in [0.4, 0.5) is 5.69 Å². The number of esters is 1. The zero-order chi connectivity index (χ0) is 18.9. The Kier molecular flexibility index (Phi) is 7.21. The number of hydrogen-bond donors (Lipinski definition) is 1. The quantitative estimate of drug-likeness (QED) is 0.740. The van der Waals surface area contributed by atoms with Crippen molar-refractivity contribution in [3.63, 3.8) is 0 Å². The van der Waals surface area contributed by atoms with Crippen LogP contribution < -0.4 is 10.2 Å². The number of carbonyl (C=O) groups excluding carboxylic acids is 2. The third-order valence-corrected chi connectivity index (χ3v) is 4.07. The molecule has 0 aliphatic heterocycles. The fraction of sp³-hybridized carbons (Fsp3) is 0.333. The van der Waals surface area contributed by atoms with E-state index in [0.717, 1.165) is 18.5 Å². The van der Waals surface area contributed by atoms with Crippen molar-refractivity contribution in [1.29, 1.82) is 0 Å². The molecule has 0 aliphatic rings. The molecule has 138 valence electrons. The number of carbonyl (C=O) groups is 2. The molecule has 0 saturated carbocycles. The number of nitrogens with zero attached hydrogens (tertiary/aromatic N) is 1. The lowest BCUT2D eigenvalue weighted by Gasteiger charge is -2.14. The minimum Gasteiger partial charge on any atom is -0.452 e. The zero-order valence-corrected chi connectivity index (χ0v) is 15.6. The molecule has 0 spiro atoms. The largest absolute Gasteiger partial charge is 0.452 e. The van der Waals surface area contributed by atoms with Crippen LogP contribution in [0, 0.1) is 0 Å². The monoisotopic (exact) mass is 354 g/mol. The van der Waals surface area contributed by atoms with E-state index in [1.807, 2.05) is 56.3 Å². The molecule has 0 aromatic heterocycles. The predicted molar refractivity (Wildman–Crippen MR) is 103 cm³/mol. The van der Waals surface area contributed by atoms with Crippen LogP contribution in [0.15, 0.2) is 54.6 Å². The summed E-state index contributed by atoms with van der Waals surface area (Å²) in [6, 6.07) is 17.2. The zero-order valence-electron chi connectivity index (χ0n) is 15.6. The first-order chi connectivity index (χ1) is 12.5. The number of ether oxygens (including phenoxy) is 1. The fourth-order valence-corrected chi connectivity index (χ4v) is 2.53. The standard InChI is InChI=1S/C21H26N2O3/c1-16(9-10-17-7-5-4-6-8-17)22-20(24)15-26-21(25)18-11-13-19(14-12-18)23(2)3/h4-8,11-14,16H,9-10,15H2,1-3H3,(H,22,24)/t16-/m0/s1. The number of amides is 1. The van der Waals surface area contributed by atoms with Gasteiger partial charge in [-0.25, -0.2) is 4.79 Å². The molecule has 0 heterocycles. The smallest absolute Gasteiger partial charge is 0.338 e. The normalized spacial score (nSPS) is 11.5. The van der Waals surface area contributed by atoms with Gasteiger partial charge in [0.05, 0.1) is 5.56 Å². The van der Waals surface area contributed by atoms with Crippen LogP contribution in [-0.2, 0) is 16.0 Å². The summed E-state index contributed by atoms with van der Waals surface area (Å²) in [6.45, 7) is 1.67. The van der Waals surface area contributed by atoms with E-state index in [1.165, 1.54) is 5.56 Å². The number of aryl methyl sites for hydroxylation is 1. The Morgan fingerprint density at radius 3 is 2.31 bits per heavy atom. The van der Waals surface area contributed by atoms with Crippen LogP contribution in [0.5, 0.6) is 0 Å². The molecule has 0 saturated heterocycles. The van der Waals surface area contributed by atoms with E-state index < -0.39 is 5.97 Å². The second kappa shape index (κ2) is 9.61. The summed E-state index contributed by atoms with van der Waals surface area (Å²) in [4.78, 5) is 25.9. The summed E-state index contributed by atoms with van der Waals surface area (Å²) in [5.74, 6) is -0.786. The molecule has 2 aromatic rings. The van der Waals surface area contributed by atoms with E-state index >= 15 is 0 Å². The Hall–Kier alpha value is -2.82. The molecule has 0 radical (unpaired) electrons. The van der Waals surface area contributed by atoms with Gasteiger partial charge in [0.1, 0.15) is 0 Å². The highest BCUT2D eigenvalue weighted by atomic mass is 16.5. The molecule has 0 unspecified atom stereocenters. The molecule has 2 aromatic carbocycles. The van der Waals surface area contributed by atoms with Crippen molar-refractivity contribution in [3.8, 4) is 0 Å². The van der Waals surface area contributed by atoms with Gasteiger partial charge in [-0.1, -0.05) is 30.3 Å². The maximum atomic E-state index is 12.0. The molecule has 0 fully saturated rings. The van der Waals surface area contributed by atoms with Crippen LogP contribution in [0.25, 0.3) is 0 Å². The van der Waals surface area contributed by atoms with Crippen molar-refractivity contribution >= 4 is 17.6 Å². The van der Waals surface area contributed by atoms with E-state index in [0.29, 0.717) is 5.56 Å². The predicted octanol–water partition coefficient (Wildman–Crippen LogP) is 3.05. The lowest BCUT2D eigenvalue weighted by atomic mass is 10.1. The highest BCUT2D eigenvalue weighted by Crippen LogP contribution is 2.13. The van der Waals surface area contributed by atoms with Crippen LogP contribution in [-0.4, -0.2) is 38.6 Å². The highest BCUT2D eigenvalue weighted by Gasteiger charge is 2.12. The van der Waals surface area contributed by atoms with Gasteiger partial charge in [-0.15, -0.1) is 0 Å². The second-order valence-corrected chi connectivity index (χ2v) is 6.51. The Labute approximate surface area is 155 Å². The SMILES string of the molecule is C[C@@H](CCc1ccccc1)NC(=O)COC(=O)c1ccc(N(C)C)cc1. The molecule has 0 aliphatic carbocycles. The van der Waals surface area contributed by atoms with Crippen molar-refractivity contribution in [2.24, 2.45) is 0 Å². The van der Waals surface area contributed by atoms with Gasteiger partial charge in [-0.2, -0.15) is 0 Å². The van der Waals surface area contributed by atoms with Gasteiger partial charge < -0.3 is 15.0 Å². The Morgan fingerprint density at radius 1 is 1.04 bits per heavy atom. The minimum absolute atomic E-state index is 0.0146. The van der Waals surface area contributed by atoms with Gasteiger partial charge in [0.15, 0.2) is 6.61 Å². The fourth-order valence-electron chi connectivity index (χ4n) is 2.53. The highest BCUT2D eigenvalue weighted by molar-refractivity contribution is 5.91. The summed E-state index contributed by atoms with van der Waals surface area (Å²) in [6.07, 6.45) is 1.72. The van der Waals surface area contributed by atoms with Crippen molar-refractivity contribution in [3.05, 3.63) is 65.7 Å². The summed E-state index contributed by atoms with van der Waals surface area (Å²) in [7, 11) is 3.85. The van der Waals surface area contributed by atoms with Gasteiger partial charge in [0.2, 0.25) is 0 Å².